The summed E-state index contributed by atoms with van der Waals surface area (Å²) >= 11 is 6.25. The fraction of sp³-hybridized carbons (Fsp3) is 0.542. The zero-order valence-electron chi connectivity index (χ0n) is 18.5. The van der Waals surface area contributed by atoms with Gasteiger partial charge >= 0.3 is 0 Å². The van der Waals surface area contributed by atoms with E-state index in [0.29, 0.717) is 48.4 Å². The number of hydrogen-bond acceptors (Lipinski definition) is 5. The SMILES string of the molecule is CC1CCN(C(=O)CCN(C[C@@H]2CCCO2)C(=O)c2cc(-c3ccccc3Cl)on2)CC1. The molecule has 4 rings (SSSR count). The minimum atomic E-state index is -0.261. The van der Waals surface area contributed by atoms with E-state index in [9.17, 15) is 9.59 Å². The van der Waals surface area contributed by atoms with Crippen LogP contribution < -0.4 is 0 Å². The van der Waals surface area contributed by atoms with E-state index in [0.717, 1.165) is 38.8 Å². The predicted octanol–water partition coefficient (Wildman–Crippen LogP) is 4.26. The molecule has 0 radical (unpaired) electrons. The molecule has 0 aliphatic carbocycles. The summed E-state index contributed by atoms with van der Waals surface area (Å²) in [6.07, 6.45) is 4.24. The lowest BCUT2D eigenvalue weighted by atomic mass is 9.99. The molecule has 1 aromatic heterocycles. The van der Waals surface area contributed by atoms with Gasteiger partial charge in [0, 0.05) is 50.8 Å². The molecular weight excluding hydrogens is 430 g/mol. The summed E-state index contributed by atoms with van der Waals surface area (Å²) < 4.78 is 11.2. The molecule has 1 aromatic carbocycles. The van der Waals surface area contributed by atoms with Crippen LogP contribution in [-0.4, -0.2) is 65.7 Å². The largest absolute Gasteiger partial charge is 0.376 e. The molecular formula is C24H30ClN3O4. The Hall–Kier alpha value is -2.38. The predicted molar refractivity (Wildman–Crippen MR) is 121 cm³/mol. The number of rotatable bonds is 7. The zero-order valence-corrected chi connectivity index (χ0v) is 19.2. The van der Waals surface area contributed by atoms with Gasteiger partial charge in [0.1, 0.15) is 0 Å². The molecule has 2 fully saturated rings. The minimum absolute atomic E-state index is 0.0140. The second kappa shape index (κ2) is 10.5. The molecule has 2 saturated heterocycles. The van der Waals surface area contributed by atoms with E-state index in [-0.39, 0.29) is 23.6 Å². The van der Waals surface area contributed by atoms with Gasteiger partial charge in [-0.3, -0.25) is 9.59 Å². The van der Waals surface area contributed by atoms with Crippen LogP contribution in [0.3, 0.4) is 0 Å². The fourth-order valence-electron chi connectivity index (χ4n) is 4.28. The number of hydrogen-bond donors (Lipinski definition) is 0. The number of carbonyl (C=O) groups is 2. The fourth-order valence-corrected chi connectivity index (χ4v) is 4.51. The molecule has 32 heavy (non-hydrogen) atoms. The monoisotopic (exact) mass is 459 g/mol. The Kier molecular flexibility index (Phi) is 7.48. The van der Waals surface area contributed by atoms with Crippen LogP contribution in [0.25, 0.3) is 11.3 Å². The van der Waals surface area contributed by atoms with Crippen LogP contribution in [-0.2, 0) is 9.53 Å². The maximum absolute atomic E-state index is 13.3. The molecule has 2 aliphatic rings. The number of piperidine rings is 1. The molecule has 0 saturated carbocycles. The second-order valence-corrected chi connectivity index (χ2v) is 9.16. The number of amides is 2. The van der Waals surface area contributed by atoms with E-state index in [1.165, 1.54) is 0 Å². The molecule has 0 N–H and O–H groups in total. The highest BCUT2D eigenvalue weighted by Gasteiger charge is 2.28. The van der Waals surface area contributed by atoms with Crippen LogP contribution >= 0.6 is 11.6 Å². The molecule has 1 atom stereocenters. The lowest BCUT2D eigenvalue weighted by molar-refractivity contribution is -0.132. The highest BCUT2D eigenvalue weighted by atomic mass is 35.5. The summed E-state index contributed by atoms with van der Waals surface area (Å²) in [6.45, 7) is 5.29. The first-order chi connectivity index (χ1) is 15.5. The first kappa shape index (κ1) is 22.8. The molecule has 2 aliphatic heterocycles. The van der Waals surface area contributed by atoms with Crippen LogP contribution in [0.15, 0.2) is 34.9 Å². The van der Waals surface area contributed by atoms with Crippen molar-refractivity contribution in [2.24, 2.45) is 5.92 Å². The third-order valence-corrected chi connectivity index (χ3v) is 6.67. The number of ether oxygens (including phenoxy) is 1. The summed E-state index contributed by atoms with van der Waals surface area (Å²) in [7, 11) is 0. The molecule has 0 spiro atoms. The van der Waals surface area contributed by atoms with Crippen LogP contribution in [0.2, 0.25) is 5.02 Å². The van der Waals surface area contributed by atoms with Gasteiger partial charge < -0.3 is 19.1 Å². The highest BCUT2D eigenvalue weighted by Crippen LogP contribution is 2.28. The summed E-state index contributed by atoms with van der Waals surface area (Å²) in [5, 5.41) is 4.52. The van der Waals surface area contributed by atoms with E-state index in [2.05, 4.69) is 12.1 Å². The lowest BCUT2D eigenvalue weighted by Gasteiger charge is -2.31. The third kappa shape index (κ3) is 5.51. The van der Waals surface area contributed by atoms with Crippen molar-refractivity contribution < 1.29 is 18.8 Å². The summed E-state index contributed by atoms with van der Waals surface area (Å²) in [4.78, 5) is 29.6. The summed E-state index contributed by atoms with van der Waals surface area (Å²) in [6, 6.07) is 8.87. The van der Waals surface area contributed by atoms with Crippen LogP contribution in [0, 0.1) is 5.92 Å². The van der Waals surface area contributed by atoms with E-state index in [1.54, 1.807) is 17.0 Å². The van der Waals surface area contributed by atoms with E-state index in [4.69, 9.17) is 20.9 Å². The van der Waals surface area contributed by atoms with E-state index in [1.807, 2.05) is 23.1 Å². The zero-order chi connectivity index (χ0) is 22.5. The van der Waals surface area contributed by atoms with Crippen molar-refractivity contribution in [2.75, 3.05) is 32.8 Å². The first-order valence-electron chi connectivity index (χ1n) is 11.4. The van der Waals surface area contributed by atoms with Crippen LogP contribution in [0.4, 0.5) is 0 Å². The Balaban J connectivity index is 1.44. The highest BCUT2D eigenvalue weighted by molar-refractivity contribution is 6.33. The van der Waals surface area contributed by atoms with Crippen molar-refractivity contribution in [3.8, 4) is 11.3 Å². The van der Waals surface area contributed by atoms with Crippen molar-refractivity contribution >= 4 is 23.4 Å². The molecule has 2 amide bonds. The van der Waals surface area contributed by atoms with Gasteiger partial charge in [0.25, 0.3) is 5.91 Å². The summed E-state index contributed by atoms with van der Waals surface area (Å²) in [5.74, 6) is 0.937. The van der Waals surface area contributed by atoms with Gasteiger partial charge in [0.05, 0.1) is 11.1 Å². The number of halogens is 1. The quantitative estimate of drug-likeness (QED) is 0.618. The Bertz CT molecular complexity index is 933. The molecule has 172 valence electrons. The number of carbonyl (C=O) groups excluding carboxylic acids is 2. The van der Waals surface area contributed by atoms with Gasteiger partial charge in [-0.15, -0.1) is 0 Å². The maximum Gasteiger partial charge on any atom is 0.276 e. The molecule has 2 aromatic rings. The van der Waals surface area contributed by atoms with Gasteiger partial charge in [-0.2, -0.15) is 0 Å². The number of aromatic nitrogens is 1. The Morgan fingerprint density at radius 1 is 1.22 bits per heavy atom. The van der Waals surface area contributed by atoms with E-state index >= 15 is 0 Å². The van der Waals surface area contributed by atoms with Gasteiger partial charge in [-0.25, -0.2) is 0 Å². The van der Waals surface area contributed by atoms with Crippen molar-refractivity contribution in [3.63, 3.8) is 0 Å². The lowest BCUT2D eigenvalue weighted by Crippen LogP contribution is -2.42. The smallest absolute Gasteiger partial charge is 0.276 e. The normalized spacial score (nSPS) is 19.3. The molecule has 7 nitrogen and oxygen atoms in total. The minimum Gasteiger partial charge on any atom is -0.376 e. The topological polar surface area (TPSA) is 75.9 Å². The van der Waals surface area contributed by atoms with Crippen LogP contribution in [0.5, 0.6) is 0 Å². The molecule has 0 unspecified atom stereocenters. The Morgan fingerprint density at radius 2 is 2.00 bits per heavy atom. The standard InChI is InChI=1S/C24H30ClN3O4/c1-17-8-11-27(12-9-17)23(29)10-13-28(16-18-5-4-14-31-18)24(30)21-15-22(32-26-21)19-6-2-3-7-20(19)25/h2-3,6-7,15,17-18H,4-5,8-14,16H2,1H3/t18-/m0/s1. The molecule has 3 heterocycles. The van der Waals surface area contributed by atoms with Crippen molar-refractivity contribution in [1.82, 2.24) is 15.0 Å². The van der Waals surface area contributed by atoms with Gasteiger partial charge in [-0.05, 0) is 43.7 Å². The number of nitrogens with zero attached hydrogens (tertiary/aromatic N) is 3. The second-order valence-electron chi connectivity index (χ2n) is 8.76. The van der Waals surface area contributed by atoms with Crippen LogP contribution in [0.1, 0.15) is 49.5 Å². The average Bonchev–Trinajstić information content (AvgIpc) is 3.49. The maximum atomic E-state index is 13.3. The Morgan fingerprint density at radius 3 is 2.72 bits per heavy atom. The van der Waals surface area contributed by atoms with Gasteiger partial charge in [0.15, 0.2) is 11.5 Å². The van der Waals surface area contributed by atoms with Crippen molar-refractivity contribution in [3.05, 3.63) is 41.0 Å². The van der Waals surface area contributed by atoms with Crippen molar-refractivity contribution in [2.45, 2.75) is 45.1 Å². The number of likely N-dealkylation sites (tertiary alicyclic amines) is 1. The van der Waals surface area contributed by atoms with Gasteiger partial charge in [-0.1, -0.05) is 35.8 Å². The molecule has 0 bridgehead atoms. The molecule has 8 heteroatoms. The first-order valence-corrected chi connectivity index (χ1v) is 11.8. The van der Waals surface area contributed by atoms with Gasteiger partial charge in [0.2, 0.25) is 5.91 Å². The Labute approximate surface area is 193 Å². The van der Waals surface area contributed by atoms with Crippen molar-refractivity contribution in [1.29, 1.82) is 0 Å². The number of benzene rings is 1. The summed E-state index contributed by atoms with van der Waals surface area (Å²) in [5.41, 5.74) is 0.887. The average molecular weight is 460 g/mol. The third-order valence-electron chi connectivity index (χ3n) is 6.34. The van der Waals surface area contributed by atoms with E-state index < -0.39 is 0 Å².